The molecule has 5 nitrogen and oxygen atoms in total. The van der Waals surface area contributed by atoms with Crippen molar-refractivity contribution in [2.24, 2.45) is 11.8 Å². The van der Waals surface area contributed by atoms with E-state index < -0.39 is 5.60 Å². The summed E-state index contributed by atoms with van der Waals surface area (Å²) >= 11 is 1.50. The number of carbonyl (C=O) groups excluding carboxylic acids is 1. The number of methoxy groups -OCH3 is 1. The summed E-state index contributed by atoms with van der Waals surface area (Å²) in [7, 11) is 1.64. The Morgan fingerprint density at radius 3 is 2.92 bits per heavy atom. The Hall–Kier alpha value is -2.08. The van der Waals surface area contributed by atoms with E-state index in [9.17, 15) is 4.79 Å². The molecule has 6 heteroatoms. The normalized spacial score (nSPS) is 22.9. The van der Waals surface area contributed by atoms with Crippen LogP contribution >= 0.6 is 11.3 Å². The Morgan fingerprint density at radius 2 is 2.20 bits per heavy atom. The van der Waals surface area contributed by atoms with E-state index in [1.54, 1.807) is 7.11 Å². The van der Waals surface area contributed by atoms with Crippen LogP contribution < -0.4 is 10.1 Å². The molecule has 2 aromatic rings. The summed E-state index contributed by atoms with van der Waals surface area (Å²) in [6.07, 6.45) is 1.53. The molecule has 2 heterocycles. The molecule has 134 valence electrons. The Bertz CT molecular complexity index is 759. The molecular weight excluding hydrogens is 336 g/mol. The van der Waals surface area contributed by atoms with Gasteiger partial charge in [0.05, 0.1) is 24.4 Å². The van der Waals surface area contributed by atoms with Crippen LogP contribution in [0.5, 0.6) is 5.75 Å². The number of cyclic esters (lactones) is 1. The fourth-order valence-electron chi connectivity index (χ4n) is 3.24. The first-order valence-corrected chi connectivity index (χ1v) is 9.38. The highest BCUT2D eigenvalue weighted by Gasteiger charge is 2.46. The van der Waals surface area contributed by atoms with E-state index >= 15 is 0 Å². The quantitative estimate of drug-likeness (QED) is 0.755. The van der Waals surface area contributed by atoms with Crippen molar-refractivity contribution in [2.75, 3.05) is 12.4 Å². The van der Waals surface area contributed by atoms with Crippen molar-refractivity contribution in [1.29, 1.82) is 0 Å². The molecular formula is C19H24N2O3S. The summed E-state index contributed by atoms with van der Waals surface area (Å²) in [5.41, 5.74) is 1.01. The second-order valence-electron chi connectivity index (χ2n) is 7.05. The van der Waals surface area contributed by atoms with Crippen molar-refractivity contribution in [3.05, 3.63) is 35.3 Å². The summed E-state index contributed by atoms with van der Waals surface area (Å²) in [6.45, 7) is 6.20. The fraction of sp³-hybridized carbons (Fsp3) is 0.474. The fourth-order valence-corrected chi connectivity index (χ4v) is 4.09. The van der Waals surface area contributed by atoms with Crippen LogP contribution in [0, 0.1) is 11.8 Å². The molecule has 0 aliphatic carbocycles. The van der Waals surface area contributed by atoms with Gasteiger partial charge in [0.15, 0.2) is 10.7 Å². The van der Waals surface area contributed by atoms with Gasteiger partial charge in [0, 0.05) is 11.8 Å². The lowest BCUT2D eigenvalue weighted by atomic mass is 9.88. The molecule has 1 N–H and O–H groups in total. The number of hydrogen-bond acceptors (Lipinski definition) is 6. The van der Waals surface area contributed by atoms with Gasteiger partial charge < -0.3 is 14.8 Å². The maximum absolute atomic E-state index is 12.2. The van der Waals surface area contributed by atoms with Crippen LogP contribution in [-0.4, -0.2) is 18.1 Å². The molecule has 1 saturated heterocycles. The molecule has 1 aromatic heterocycles. The second-order valence-corrected chi connectivity index (χ2v) is 7.90. The van der Waals surface area contributed by atoms with E-state index in [4.69, 9.17) is 9.47 Å². The molecule has 25 heavy (non-hydrogen) atoms. The summed E-state index contributed by atoms with van der Waals surface area (Å²) < 4.78 is 11.1. The van der Waals surface area contributed by atoms with Gasteiger partial charge in [-0.3, -0.25) is 4.79 Å². The number of esters is 1. The maximum atomic E-state index is 12.2. The first-order chi connectivity index (χ1) is 11.9. The molecule has 0 bridgehead atoms. The van der Waals surface area contributed by atoms with E-state index in [0.717, 1.165) is 28.7 Å². The average molecular weight is 360 g/mol. The number of anilines is 2. The number of ether oxygens (including phenoxy) is 2. The smallest absolute Gasteiger partial charge is 0.310 e. The van der Waals surface area contributed by atoms with Crippen LogP contribution in [-0.2, 0) is 15.1 Å². The lowest BCUT2D eigenvalue weighted by molar-refractivity contribution is -0.150. The number of aromatic nitrogens is 1. The molecule has 0 amide bonds. The molecule has 1 aromatic carbocycles. The predicted molar refractivity (Wildman–Crippen MR) is 99.4 cm³/mol. The number of hydrogen-bond donors (Lipinski definition) is 1. The van der Waals surface area contributed by atoms with Gasteiger partial charge in [-0.1, -0.05) is 26.0 Å². The largest absolute Gasteiger partial charge is 0.495 e. The molecule has 1 aliphatic heterocycles. The SMILES string of the molecule is COc1ccccc1Nc1nc([C@@]2(C)C[C@H](CC(C)C)C(=O)O2)cs1. The van der Waals surface area contributed by atoms with Crippen molar-refractivity contribution in [3.63, 3.8) is 0 Å². The van der Waals surface area contributed by atoms with Gasteiger partial charge in [0.25, 0.3) is 0 Å². The zero-order valence-corrected chi connectivity index (χ0v) is 15.9. The maximum Gasteiger partial charge on any atom is 0.310 e. The summed E-state index contributed by atoms with van der Waals surface area (Å²) in [4.78, 5) is 16.9. The number of nitrogens with zero attached hydrogens (tertiary/aromatic N) is 1. The molecule has 0 spiro atoms. The Morgan fingerprint density at radius 1 is 1.44 bits per heavy atom. The third-order valence-corrected chi connectivity index (χ3v) is 5.20. The van der Waals surface area contributed by atoms with Gasteiger partial charge in [-0.25, -0.2) is 4.98 Å². The molecule has 2 atom stereocenters. The van der Waals surface area contributed by atoms with Crippen LogP contribution in [0.2, 0.25) is 0 Å². The molecule has 1 aliphatic rings. The van der Waals surface area contributed by atoms with Crippen molar-refractivity contribution >= 4 is 28.1 Å². The highest BCUT2D eigenvalue weighted by molar-refractivity contribution is 7.13. The number of carbonyl (C=O) groups is 1. The van der Waals surface area contributed by atoms with Gasteiger partial charge in [0.1, 0.15) is 5.75 Å². The molecule has 0 unspecified atom stereocenters. The van der Waals surface area contributed by atoms with Gasteiger partial charge in [-0.05, 0) is 31.4 Å². The number of benzene rings is 1. The highest BCUT2D eigenvalue weighted by Crippen LogP contribution is 2.42. The number of rotatable bonds is 6. The van der Waals surface area contributed by atoms with Crippen LogP contribution in [0.3, 0.4) is 0 Å². The Kier molecular flexibility index (Phi) is 4.99. The lowest BCUT2D eigenvalue weighted by Gasteiger charge is -2.20. The third kappa shape index (κ3) is 3.79. The minimum Gasteiger partial charge on any atom is -0.495 e. The molecule has 1 fully saturated rings. The van der Waals surface area contributed by atoms with Crippen LogP contribution in [0.25, 0.3) is 0 Å². The zero-order chi connectivity index (χ0) is 18.0. The van der Waals surface area contributed by atoms with Gasteiger partial charge in [0.2, 0.25) is 0 Å². The predicted octanol–water partition coefficient (Wildman–Crippen LogP) is 4.72. The minimum atomic E-state index is -0.645. The molecule has 0 saturated carbocycles. The van der Waals surface area contributed by atoms with Crippen molar-refractivity contribution in [1.82, 2.24) is 4.98 Å². The number of thiazole rings is 1. The van der Waals surface area contributed by atoms with Crippen LogP contribution in [0.4, 0.5) is 10.8 Å². The minimum absolute atomic E-state index is 0.0441. The summed E-state index contributed by atoms with van der Waals surface area (Å²) in [5, 5.41) is 6.00. The van der Waals surface area contributed by atoms with Crippen molar-refractivity contribution < 1.29 is 14.3 Å². The first kappa shape index (κ1) is 17.7. The topological polar surface area (TPSA) is 60.5 Å². The highest BCUT2D eigenvalue weighted by atomic mass is 32.1. The molecule has 3 rings (SSSR count). The van der Waals surface area contributed by atoms with Gasteiger partial charge in [-0.15, -0.1) is 11.3 Å². The van der Waals surface area contributed by atoms with Crippen LogP contribution in [0.15, 0.2) is 29.6 Å². The standard InChI is InChI=1S/C19H24N2O3S/c1-12(2)9-13-10-19(3,24-17(13)22)16-11-25-18(21-16)20-14-7-5-6-8-15(14)23-4/h5-8,11-13H,9-10H2,1-4H3,(H,20,21)/t13-,19+/m0/s1. The average Bonchev–Trinajstić information content (AvgIpc) is 3.13. The Labute approximate surface area is 152 Å². The molecule has 0 radical (unpaired) electrons. The number of para-hydroxylation sites is 2. The summed E-state index contributed by atoms with van der Waals surface area (Å²) in [6, 6.07) is 7.70. The van der Waals surface area contributed by atoms with Crippen molar-refractivity contribution in [2.45, 2.75) is 39.2 Å². The summed E-state index contributed by atoms with van der Waals surface area (Å²) in [5.74, 6) is 1.08. The van der Waals surface area contributed by atoms with Crippen molar-refractivity contribution in [3.8, 4) is 5.75 Å². The monoisotopic (exact) mass is 360 g/mol. The third-order valence-electron chi connectivity index (χ3n) is 4.45. The Balaban J connectivity index is 1.76. The zero-order valence-electron chi connectivity index (χ0n) is 15.0. The van der Waals surface area contributed by atoms with E-state index in [2.05, 4.69) is 24.1 Å². The van der Waals surface area contributed by atoms with Gasteiger partial charge in [-0.2, -0.15) is 0 Å². The van der Waals surface area contributed by atoms with Crippen LogP contribution in [0.1, 0.15) is 39.3 Å². The number of nitrogens with one attached hydrogen (secondary N) is 1. The second kappa shape index (κ2) is 7.04. The van der Waals surface area contributed by atoms with E-state index in [1.807, 2.05) is 36.6 Å². The van der Waals surface area contributed by atoms with E-state index in [1.165, 1.54) is 11.3 Å². The lowest BCUT2D eigenvalue weighted by Crippen LogP contribution is -2.21. The van der Waals surface area contributed by atoms with Gasteiger partial charge >= 0.3 is 5.97 Å². The van der Waals surface area contributed by atoms with E-state index in [-0.39, 0.29) is 11.9 Å². The van der Waals surface area contributed by atoms with E-state index in [0.29, 0.717) is 12.3 Å². The first-order valence-electron chi connectivity index (χ1n) is 8.50.